The summed E-state index contributed by atoms with van der Waals surface area (Å²) >= 11 is 0. The minimum Gasteiger partial charge on any atom is -0.342 e. The number of hydrogen-bond acceptors (Lipinski definition) is 2. The van der Waals surface area contributed by atoms with Crippen LogP contribution in [0.1, 0.15) is 29.1 Å². The SMILES string of the molecule is CC(NC(=O)c1ccccc1)c1nc2ccccc2[nH]1. The van der Waals surface area contributed by atoms with E-state index in [1.54, 1.807) is 12.1 Å². The monoisotopic (exact) mass is 265 g/mol. The second kappa shape index (κ2) is 5.17. The first-order chi connectivity index (χ1) is 9.74. The first-order valence-corrected chi connectivity index (χ1v) is 6.54. The molecule has 2 aromatic carbocycles. The molecule has 3 aromatic rings. The summed E-state index contributed by atoms with van der Waals surface area (Å²) in [6, 6.07) is 16.8. The molecule has 4 nitrogen and oxygen atoms in total. The first kappa shape index (κ1) is 12.4. The molecule has 3 rings (SSSR count). The standard InChI is InChI=1S/C16H15N3O/c1-11(17-16(20)12-7-3-2-4-8-12)15-18-13-9-5-6-10-14(13)19-15/h2-11H,1H3,(H,17,20)(H,18,19). The number of nitrogens with zero attached hydrogens (tertiary/aromatic N) is 1. The summed E-state index contributed by atoms with van der Waals surface area (Å²) in [6.45, 7) is 1.92. The lowest BCUT2D eigenvalue weighted by atomic mass is 10.2. The molecule has 1 aromatic heterocycles. The summed E-state index contributed by atoms with van der Waals surface area (Å²) in [4.78, 5) is 19.8. The Morgan fingerprint density at radius 1 is 1.10 bits per heavy atom. The van der Waals surface area contributed by atoms with Gasteiger partial charge in [-0.05, 0) is 31.2 Å². The molecule has 0 radical (unpaired) electrons. The number of nitrogens with one attached hydrogen (secondary N) is 2. The largest absolute Gasteiger partial charge is 0.342 e. The molecule has 1 heterocycles. The van der Waals surface area contributed by atoms with Crippen molar-refractivity contribution in [3.05, 3.63) is 66.0 Å². The molecular weight excluding hydrogens is 250 g/mol. The van der Waals surface area contributed by atoms with Gasteiger partial charge in [-0.2, -0.15) is 0 Å². The zero-order valence-corrected chi connectivity index (χ0v) is 11.1. The minimum atomic E-state index is -0.171. The summed E-state index contributed by atoms with van der Waals surface area (Å²) in [5.41, 5.74) is 2.53. The molecule has 4 heteroatoms. The van der Waals surface area contributed by atoms with Crippen LogP contribution < -0.4 is 5.32 Å². The maximum atomic E-state index is 12.1. The predicted molar refractivity (Wildman–Crippen MR) is 78.4 cm³/mol. The highest BCUT2D eigenvalue weighted by Gasteiger charge is 2.14. The number of aromatic nitrogens is 2. The number of aromatic amines is 1. The van der Waals surface area contributed by atoms with Crippen LogP contribution in [0.2, 0.25) is 0 Å². The number of para-hydroxylation sites is 2. The van der Waals surface area contributed by atoms with Gasteiger partial charge in [0.15, 0.2) is 0 Å². The number of fused-ring (bicyclic) bond motifs is 1. The van der Waals surface area contributed by atoms with Crippen molar-refractivity contribution in [2.24, 2.45) is 0 Å². The second-order valence-corrected chi connectivity index (χ2v) is 4.70. The molecule has 0 saturated heterocycles. The summed E-state index contributed by atoms with van der Waals surface area (Å²) in [7, 11) is 0. The van der Waals surface area contributed by atoms with Crippen LogP contribution in [-0.2, 0) is 0 Å². The van der Waals surface area contributed by atoms with Crippen LogP contribution in [0.4, 0.5) is 0 Å². The molecule has 0 fully saturated rings. The van der Waals surface area contributed by atoms with Gasteiger partial charge >= 0.3 is 0 Å². The van der Waals surface area contributed by atoms with Crippen molar-refractivity contribution in [1.82, 2.24) is 15.3 Å². The number of benzene rings is 2. The minimum absolute atomic E-state index is 0.0986. The van der Waals surface area contributed by atoms with E-state index in [0.717, 1.165) is 16.9 Å². The van der Waals surface area contributed by atoms with Gasteiger partial charge in [-0.25, -0.2) is 4.98 Å². The first-order valence-electron chi connectivity index (χ1n) is 6.54. The number of carbonyl (C=O) groups excluding carboxylic acids is 1. The molecule has 0 aliphatic carbocycles. The summed E-state index contributed by atoms with van der Waals surface area (Å²) in [5.74, 6) is 0.661. The van der Waals surface area contributed by atoms with Crippen molar-refractivity contribution >= 4 is 16.9 Å². The van der Waals surface area contributed by atoms with E-state index in [4.69, 9.17) is 0 Å². The Morgan fingerprint density at radius 2 is 1.80 bits per heavy atom. The van der Waals surface area contributed by atoms with Gasteiger partial charge in [0.2, 0.25) is 0 Å². The van der Waals surface area contributed by atoms with Gasteiger partial charge in [-0.3, -0.25) is 4.79 Å². The lowest BCUT2D eigenvalue weighted by molar-refractivity contribution is 0.0938. The van der Waals surface area contributed by atoms with Gasteiger partial charge in [-0.1, -0.05) is 30.3 Å². The Morgan fingerprint density at radius 3 is 2.55 bits per heavy atom. The molecule has 0 aliphatic rings. The molecule has 0 bridgehead atoms. The molecule has 1 unspecified atom stereocenters. The maximum absolute atomic E-state index is 12.1. The van der Waals surface area contributed by atoms with Crippen molar-refractivity contribution in [2.45, 2.75) is 13.0 Å². The molecule has 0 spiro atoms. The average Bonchev–Trinajstić information content (AvgIpc) is 2.92. The van der Waals surface area contributed by atoms with Crippen LogP contribution in [0.5, 0.6) is 0 Å². The van der Waals surface area contributed by atoms with E-state index in [1.165, 1.54) is 0 Å². The highest BCUT2D eigenvalue weighted by atomic mass is 16.1. The number of amides is 1. The topological polar surface area (TPSA) is 57.8 Å². The lowest BCUT2D eigenvalue weighted by Crippen LogP contribution is -2.27. The second-order valence-electron chi connectivity index (χ2n) is 4.70. The molecule has 20 heavy (non-hydrogen) atoms. The molecule has 2 N–H and O–H groups in total. The zero-order chi connectivity index (χ0) is 13.9. The normalized spacial score (nSPS) is 12.2. The van der Waals surface area contributed by atoms with E-state index < -0.39 is 0 Å². The lowest BCUT2D eigenvalue weighted by Gasteiger charge is -2.11. The summed E-state index contributed by atoms with van der Waals surface area (Å²) < 4.78 is 0. The Bertz CT molecular complexity index is 701. The smallest absolute Gasteiger partial charge is 0.251 e. The third-order valence-electron chi connectivity index (χ3n) is 3.20. The number of rotatable bonds is 3. The van der Waals surface area contributed by atoms with Gasteiger partial charge in [0, 0.05) is 5.56 Å². The fourth-order valence-electron chi connectivity index (χ4n) is 2.12. The highest BCUT2D eigenvalue weighted by Crippen LogP contribution is 2.15. The van der Waals surface area contributed by atoms with Crippen molar-refractivity contribution < 1.29 is 4.79 Å². The molecule has 0 aliphatic heterocycles. The van der Waals surface area contributed by atoms with E-state index in [0.29, 0.717) is 5.56 Å². The van der Waals surface area contributed by atoms with Crippen LogP contribution >= 0.6 is 0 Å². The third kappa shape index (κ3) is 2.40. The van der Waals surface area contributed by atoms with Gasteiger partial charge in [0.1, 0.15) is 5.82 Å². The van der Waals surface area contributed by atoms with Gasteiger partial charge in [0.25, 0.3) is 5.91 Å². The van der Waals surface area contributed by atoms with E-state index in [-0.39, 0.29) is 11.9 Å². The van der Waals surface area contributed by atoms with Crippen molar-refractivity contribution in [3.8, 4) is 0 Å². The van der Waals surface area contributed by atoms with Crippen LogP contribution in [0, 0.1) is 0 Å². The molecule has 1 amide bonds. The summed E-state index contributed by atoms with van der Waals surface area (Å²) in [6.07, 6.45) is 0. The van der Waals surface area contributed by atoms with Crippen LogP contribution in [-0.4, -0.2) is 15.9 Å². The number of H-pyrrole nitrogens is 1. The van der Waals surface area contributed by atoms with Gasteiger partial charge in [0.05, 0.1) is 17.1 Å². The number of carbonyl (C=O) groups is 1. The van der Waals surface area contributed by atoms with E-state index in [2.05, 4.69) is 15.3 Å². The third-order valence-corrected chi connectivity index (χ3v) is 3.20. The molecule has 1 atom stereocenters. The molecular formula is C16H15N3O. The molecule has 100 valence electrons. The predicted octanol–water partition coefficient (Wildman–Crippen LogP) is 3.05. The van der Waals surface area contributed by atoms with Gasteiger partial charge in [-0.15, -0.1) is 0 Å². The quantitative estimate of drug-likeness (QED) is 0.764. The fourth-order valence-corrected chi connectivity index (χ4v) is 2.12. The Kier molecular flexibility index (Phi) is 3.21. The van der Waals surface area contributed by atoms with Crippen LogP contribution in [0.15, 0.2) is 54.6 Å². The van der Waals surface area contributed by atoms with E-state index in [9.17, 15) is 4.79 Å². The van der Waals surface area contributed by atoms with Crippen molar-refractivity contribution in [2.75, 3.05) is 0 Å². The number of hydrogen-bond donors (Lipinski definition) is 2. The average molecular weight is 265 g/mol. The zero-order valence-electron chi connectivity index (χ0n) is 11.1. The Hall–Kier alpha value is -2.62. The Labute approximate surface area is 116 Å². The highest BCUT2D eigenvalue weighted by molar-refractivity contribution is 5.94. The molecule has 0 saturated carbocycles. The summed E-state index contributed by atoms with van der Waals surface area (Å²) in [5, 5.41) is 2.94. The van der Waals surface area contributed by atoms with Crippen molar-refractivity contribution in [3.63, 3.8) is 0 Å². The fraction of sp³-hybridized carbons (Fsp3) is 0.125. The van der Waals surface area contributed by atoms with Crippen LogP contribution in [0.25, 0.3) is 11.0 Å². The Balaban J connectivity index is 1.79. The van der Waals surface area contributed by atoms with E-state index >= 15 is 0 Å². The van der Waals surface area contributed by atoms with E-state index in [1.807, 2.05) is 49.4 Å². The number of imidazole rings is 1. The van der Waals surface area contributed by atoms with Crippen LogP contribution in [0.3, 0.4) is 0 Å². The van der Waals surface area contributed by atoms with Crippen molar-refractivity contribution in [1.29, 1.82) is 0 Å². The van der Waals surface area contributed by atoms with Gasteiger partial charge < -0.3 is 10.3 Å². The maximum Gasteiger partial charge on any atom is 0.251 e.